The van der Waals surface area contributed by atoms with Gasteiger partial charge in [0.15, 0.2) is 0 Å². The number of aryl methyl sites for hydroxylation is 1. The normalized spacial score (nSPS) is 19.0. The molecule has 0 unspecified atom stereocenters. The average Bonchev–Trinajstić information content (AvgIpc) is 3.26. The summed E-state index contributed by atoms with van der Waals surface area (Å²) in [5, 5.41) is 7.21. The Balaban J connectivity index is 1.36. The van der Waals surface area contributed by atoms with Crippen LogP contribution in [0.25, 0.3) is 11.1 Å². The van der Waals surface area contributed by atoms with Crippen molar-refractivity contribution in [2.24, 2.45) is 7.05 Å². The third-order valence-corrected chi connectivity index (χ3v) is 5.89. The Morgan fingerprint density at radius 1 is 1.16 bits per heavy atom. The van der Waals surface area contributed by atoms with Crippen LogP contribution in [0.15, 0.2) is 55.1 Å². The summed E-state index contributed by atoms with van der Waals surface area (Å²) in [4.78, 5) is 33.6. The Hall–Kier alpha value is -3.72. The molecule has 0 bridgehead atoms. The molecule has 1 aromatic carbocycles. The summed E-state index contributed by atoms with van der Waals surface area (Å²) in [5.74, 6) is 0.488. The number of anilines is 1. The van der Waals surface area contributed by atoms with Crippen LogP contribution in [-0.2, 0) is 11.8 Å². The fourth-order valence-corrected chi connectivity index (χ4v) is 4.18. The number of pyridine rings is 1. The first-order valence-corrected chi connectivity index (χ1v) is 10.6. The highest BCUT2D eigenvalue weighted by Gasteiger charge is 2.32. The summed E-state index contributed by atoms with van der Waals surface area (Å²) in [6.45, 7) is 2.30. The van der Waals surface area contributed by atoms with Gasteiger partial charge in [-0.2, -0.15) is 5.10 Å². The molecule has 0 radical (unpaired) electrons. The van der Waals surface area contributed by atoms with Crippen LogP contribution in [0.3, 0.4) is 0 Å². The predicted octanol–water partition coefficient (Wildman–Crippen LogP) is 1.64. The Kier molecular flexibility index (Phi) is 5.32. The molecule has 0 aliphatic carbocycles. The Bertz CT molecular complexity index is 1150. The lowest BCUT2D eigenvalue weighted by Gasteiger charge is -2.40. The van der Waals surface area contributed by atoms with Gasteiger partial charge in [-0.3, -0.25) is 24.2 Å². The van der Waals surface area contributed by atoms with Gasteiger partial charge in [0.1, 0.15) is 12.4 Å². The SMILES string of the molecule is Cn1cc(-c2ccc3c(c2)NC(=O)CN2CCN(C(=O)c4ccncc4)C[C@H]2CO3)cn1. The molecule has 1 saturated heterocycles. The van der Waals surface area contributed by atoms with Crippen LogP contribution in [0.5, 0.6) is 5.75 Å². The largest absolute Gasteiger partial charge is 0.490 e. The number of nitrogens with one attached hydrogen (secondary N) is 1. The highest BCUT2D eigenvalue weighted by molar-refractivity contribution is 5.95. The maximum absolute atomic E-state index is 12.9. The van der Waals surface area contributed by atoms with E-state index >= 15 is 0 Å². The zero-order valence-corrected chi connectivity index (χ0v) is 17.8. The number of fused-ring (bicyclic) bond motifs is 2. The number of benzene rings is 1. The third kappa shape index (κ3) is 4.06. The van der Waals surface area contributed by atoms with Gasteiger partial charge in [-0.15, -0.1) is 0 Å². The second-order valence-corrected chi connectivity index (χ2v) is 8.08. The smallest absolute Gasteiger partial charge is 0.254 e. The zero-order chi connectivity index (χ0) is 22.1. The number of piperazine rings is 1. The molecule has 2 aromatic heterocycles. The fraction of sp³-hybridized carbons (Fsp3) is 0.304. The van der Waals surface area contributed by atoms with Gasteiger partial charge < -0.3 is 15.0 Å². The van der Waals surface area contributed by atoms with E-state index in [9.17, 15) is 9.59 Å². The molecule has 2 amide bonds. The molecular weight excluding hydrogens is 408 g/mol. The molecule has 2 aliphatic heterocycles. The summed E-state index contributed by atoms with van der Waals surface area (Å²) < 4.78 is 7.87. The summed E-state index contributed by atoms with van der Waals surface area (Å²) in [6.07, 6.45) is 6.95. The first kappa shape index (κ1) is 20.2. The van der Waals surface area contributed by atoms with E-state index in [1.807, 2.05) is 36.3 Å². The molecule has 32 heavy (non-hydrogen) atoms. The van der Waals surface area contributed by atoms with Crippen molar-refractivity contribution in [3.63, 3.8) is 0 Å². The van der Waals surface area contributed by atoms with Crippen molar-refractivity contribution in [2.45, 2.75) is 6.04 Å². The topological polar surface area (TPSA) is 92.6 Å². The summed E-state index contributed by atoms with van der Waals surface area (Å²) >= 11 is 0. The van der Waals surface area contributed by atoms with Gasteiger partial charge in [-0.05, 0) is 29.8 Å². The molecule has 1 fully saturated rings. The third-order valence-electron chi connectivity index (χ3n) is 5.89. The first-order chi connectivity index (χ1) is 15.6. The second-order valence-electron chi connectivity index (χ2n) is 8.08. The molecule has 2 aliphatic rings. The summed E-state index contributed by atoms with van der Waals surface area (Å²) in [7, 11) is 1.87. The number of carbonyl (C=O) groups is 2. The van der Waals surface area contributed by atoms with Crippen molar-refractivity contribution in [2.75, 3.05) is 38.1 Å². The van der Waals surface area contributed by atoms with Gasteiger partial charge in [0, 0.05) is 56.4 Å². The van der Waals surface area contributed by atoms with E-state index in [-0.39, 0.29) is 24.4 Å². The minimum absolute atomic E-state index is 0.0297. The molecule has 4 heterocycles. The molecule has 9 heteroatoms. The maximum Gasteiger partial charge on any atom is 0.254 e. The van der Waals surface area contributed by atoms with Crippen LogP contribution in [0, 0.1) is 0 Å². The van der Waals surface area contributed by atoms with Crippen LogP contribution >= 0.6 is 0 Å². The van der Waals surface area contributed by atoms with Crippen molar-refractivity contribution in [1.82, 2.24) is 24.6 Å². The van der Waals surface area contributed by atoms with E-state index in [4.69, 9.17) is 4.74 Å². The van der Waals surface area contributed by atoms with Gasteiger partial charge in [-0.25, -0.2) is 0 Å². The number of nitrogens with zero attached hydrogens (tertiary/aromatic N) is 5. The Labute approximate surface area is 185 Å². The number of amides is 2. The number of carbonyl (C=O) groups excluding carboxylic acids is 2. The maximum atomic E-state index is 12.9. The molecule has 1 N–H and O–H groups in total. The predicted molar refractivity (Wildman–Crippen MR) is 118 cm³/mol. The fourth-order valence-electron chi connectivity index (χ4n) is 4.18. The van der Waals surface area contributed by atoms with Gasteiger partial charge >= 0.3 is 0 Å². The Morgan fingerprint density at radius 2 is 2.00 bits per heavy atom. The molecule has 0 spiro atoms. The van der Waals surface area contributed by atoms with Crippen LogP contribution in [0.1, 0.15) is 10.4 Å². The van der Waals surface area contributed by atoms with E-state index < -0.39 is 0 Å². The van der Waals surface area contributed by atoms with Crippen LogP contribution < -0.4 is 10.1 Å². The van der Waals surface area contributed by atoms with Crippen molar-refractivity contribution in [3.05, 3.63) is 60.7 Å². The molecule has 3 aromatic rings. The lowest BCUT2D eigenvalue weighted by Crippen LogP contribution is -2.57. The van der Waals surface area contributed by atoms with E-state index in [1.54, 1.807) is 35.4 Å². The number of aromatic nitrogens is 3. The molecule has 5 rings (SSSR count). The molecule has 9 nitrogen and oxygen atoms in total. The van der Waals surface area contributed by atoms with Crippen molar-refractivity contribution in [1.29, 1.82) is 0 Å². The van der Waals surface area contributed by atoms with Gasteiger partial charge in [0.25, 0.3) is 5.91 Å². The van der Waals surface area contributed by atoms with Gasteiger partial charge in [0.2, 0.25) is 5.91 Å². The quantitative estimate of drug-likeness (QED) is 0.662. The van der Waals surface area contributed by atoms with Crippen LogP contribution in [-0.4, -0.2) is 75.2 Å². The molecule has 1 atom stereocenters. The molecular formula is C23H24N6O3. The van der Waals surface area contributed by atoms with Crippen molar-refractivity contribution in [3.8, 4) is 16.9 Å². The average molecular weight is 432 g/mol. The lowest BCUT2D eigenvalue weighted by molar-refractivity contribution is -0.118. The van der Waals surface area contributed by atoms with Crippen molar-refractivity contribution < 1.29 is 14.3 Å². The van der Waals surface area contributed by atoms with E-state index in [0.29, 0.717) is 43.2 Å². The van der Waals surface area contributed by atoms with Crippen molar-refractivity contribution >= 4 is 17.5 Å². The Morgan fingerprint density at radius 3 is 2.78 bits per heavy atom. The molecule has 164 valence electrons. The summed E-state index contributed by atoms with van der Waals surface area (Å²) in [5.41, 5.74) is 3.17. The number of hydrogen-bond donors (Lipinski definition) is 1. The standard InChI is InChI=1S/C23H24N6O3/c1-27-12-18(11-25-27)17-2-3-21-20(10-17)26-22(30)14-28-8-9-29(13-19(28)15-32-21)23(31)16-4-6-24-7-5-16/h2-7,10-12,19H,8-9,13-15H2,1H3,(H,26,30)/t19-/m0/s1. The number of rotatable bonds is 2. The minimum Gasteiger partial charge on any atom is -0.490 e. The summed E-state index contributed by atoms with van der Waals surface area (Å²) in [6, 6.07) is 9.10. The molecule has 0 saturated carbocycles. The minimum atomic E-state index is -0.0982. The highest BCUT2D eigenvalue weighted by Crippen LogP contribution is 2.32. The highest BCUT2D eigenvalue weighted by atomic mass is 16.5. The second kappa shape index (κ2) is 8.43. The first-order valence-electron chi connectivity index (χ1n) is 10.6. The number of ether oxygens (including phenoxy) is 1. The van der Waals surface area contributed by atoms with Crippen LogP contribution in [0.4, 0.5) is 5.69 Å². The van der Waals surface area contributed by atoms with E-state index in [2.05, 4.69) is 20.3 Å². The zero-order valence-electron chi connectivity index (χ0n) is 17.8. The lowest BCUT2D eigenvalue weighted by atomic mass is 10.1. The monoisotopic (exact) mass is 432 g/mol. The number of hydrogen-bond acceptors (Lipinski definition) is 6. The van der Waals surface area contributed by atoms with Crippen LogP contribution in [0.2, 0.25) is 0 Å². The van der Waals surface area contributed by atoms with E-state index in [1.165, 1.54) is 0 Å². The van der Waals surface area contributed by atoms with Gasteiger partial charge in [-0.1, -0.05) is 6.07 Å². The van der Waals surface area contributed by atoms with E-state index in [0.717, 1.165) is 11.1 Å². The van der Waals surface area contributed by atoms with Gasteiger partial charge in [0.05, 0.1) is 24.5 Å².